The molecule has 1 N–H and O–H groups in total. The Morgan fingerprint density at radius 1 is 1.17 bits per heavy atom. The monoisotopic (exact) mass is 242 g/mol. The van der Waals surface area contributed by atoms with Crippen LogP contribution < -0.4 is 0 Å². The molecule has 1 saturated heterocycles. The average molecular weight is 242 g/mol. The lowest BCUT2D eigenvalue weighted by molar-refractivity contribution is -0.112. The Morgan fingerprint density at radius 3 is 2.72 bits per heavy atom. The summed E-state index contributed by atoms with van der Waals surface area (Å²) in [6.45, 7) is 2.70. The van der Waals surface area contributed by atoms with E-state index in [4.69, 9.17) is 4.74 Å². The summed E-state index contributed by atoms with van der Waals surface area (Å²) in [5.41, 5.74) is 0.793. The fourth-order valence-corrected chi connectivity index (χ4v) is 2.75. The van der Waals surface area contributed by atoms with Gasteiger partial charge in [-0.3, -0.25) is 0 Å². The molecule has 0 aromatic heterocycles. The zero-order valence-corrected chi connectivity index (χ0v) is 10.6. The first-order chi connectivity index (χ1) is 8.67. The van der Waals surface area contributed by atoms with Crippen molar-refractivity contribution < 1.29 is 9.84 Å². The SMILES string of the molecule is CC1(c2ccc3ccccc3c2)CC(O)CCO1. The third-order valence-corrected chi connectivity index (χ3v) is 3.86. The van der Waals surface area contributed by atoms with E-state index in [1.165, 1.54) is 10.8 Å². The van der Waals surface area contributed by atoms with Crippen LogP contribution in [0.5, 0.6) is 0 Å². The third-order valence-electron chi connectivity index (χ3n) is 3.86. The molecule has 0 aliphatic carbocycles. The van der Waals surface area contributed by atoms with E-state index in [1.54, 1.807) is 0 Å². The van der Waals surface area contributed by atoms with E-state index in [0.717, 1.165) is 12.0 Å². The summed E-state index contributed by atoms with van der Waals surface area (Å²) in [4.78, 5) is 0. The maximum Gasteiger partial charge on any atom is 0.0928 e. The average Bonchev–Trinajstić information content (AvgIpc) is 2.38. The highest BCUT2D eigenvalue weighted by Crippen LogP contribution is 2.36. The molecule has 0 radical (unpaired) electrons. The Kier molecular flexibility index (Phi) is 2.84. The van der Waals surface area contributed by atoms with Crippen LogP contribution in [0.2, 0.25) is 0 Å². The molecule has 0 spiro atoms. The molecule has 1 heterocycles. The summed E-state index contributed by atoms with van der Waals surface area (Å²) in [6.07, 6.45) is 1.16. The van der Waals surface area contributed by atoms with Gasteiger partial charge in [-0.2, -0.15) is 0 Å². The summed E-state index contributed by atoms with van der Waals surface area (Å²) < 4.78 is 5.91. The van der Waals surface area contributed by atoms with Crippen LogP contribution in [0.25, 0.3) is 10.8 Å². The maximum absolute atomic E-state index is 9.84. The Morgan fingerprint density at radius 2 is 1.94 bits per heavy atom. The highest BCUT2D eigenvalue weighted by molar-refractivity contribution is 5.83. The summed E-state index contributed by atoms with van der Waals surface area (Å²) in [6, 6.07) is 14.7. The lowest BCUT2D eigenvalue weighted by Gasteiger charge is -2.37. The molecule has 2 unspecified atom stereocenters. The van der Waals surface area contributed by atoms with E-state index in [2.05, 4.69) is 37.3 Å². The first-order valence-electron chi connectivity index (χ1n) is 6.49. The molecule has 0 amide bonds. The molecule has 0 bridgehead atoms. The second kappa shape index (κ2) is 4.38. The first-order valence-corrected chi connectivity index (χ1v) is 6.49. The number of ether oxygens (including phenoxy) is 1. The van der Waals surface area contributed by atoms with Gasteiger partial charge in [0.1, 0.15) is 0 Å². The summed E-state index contributed by atoms with van der Waals surface area (Å²) in [5, 5.41) is 12.3. The number of rotatable bonds is 1. The van der Waals surface area contributed by atoms with Crippen LogP contribution in [0.3, 0.4) is 0 Å². The molecule has 1 aliphatic rings. The summed E-state index contributed by atoms with van der Waals surface area (Å²) >= 11 is 0. The Balaban J connectivity index is 2.02. The first kappa shape index (κ1) is 11.7. The van der Waals surface area contributed by atoms with E-state index in [1.807, 2.05) is 12.1 Å². The summed E-state index contributed by atoms with van der Waals surface area (Å²) in [7, 11) is 0. The minimum Gasteiger partial charge on any atom is -0.393 e. The topological polar surface area (TPSA) is 29.5 Å². The normalized spacial score (nSPS) is 28.4. The molecule has 2 aromatic rings. The van der Waals surface area contributed by atoms with Crippen LogP contribution in [-0.2, 0) is 10.3 Å². The van der Waals surface area contributed by atoms with Crippen molar-refractivity contribution in [2.45, 2.75) is 31.5 Å². The molecule has 0 saturated carbocycles. The van der Waals surface area contributed by atoms with Gasteiger partial charge in [-0.05, 0) is 35.7 Å². The van der Waals surface area contributed by atoms with Crippen molar-refractivity contribution in [1.29, 1.82) is 0 Å². The zero-order chi connectivity index (χ0) is 12.6. The predicted molar refractivity (Wildman–Crippen MR) is 72.5 cm³/mol. The van der Waals surface area contributed by atoms with E-state index in [9.17, 15) is 5.11 Å². The molecule has 1 aliphatic heterocycles. The van der Waals surface area contributed by atoms with Crippen molar-refractivity contribution in [3.8, 4) is 0 Å². The second-order valence-corrected chi connectivity index (χ2v) is 5.29. The lowest BCUT2D eigenvalue weighted by atomic mass is 9.86. The molecule has 94 valence electrons. The van der Waals surface area contributed by atoms with Gasteiger partial charge in [-0.25, -0.2) is 0 Å². The van der Waals surface area contributed by atoms with Crippen molar-refractivity contribution >= 4 is 10.8 Å². The quantitative estimate of drug-likeness (QED) is 0.832. The molecule has 2 heteroatoms. The van der Waals surface area contributed by atoms with Crippen LogP contribution in [0.1, 0.15) is 25.3 Å². The van der Waals surface area contributed by atoms with Gasteiger partial charge in [0.2, 0.25) is 0 Å². The number of hydrogen-bond acceptors (Lipinski definition) is 2. The molecule has 2 nitrogen and oxygen atoms in total. The highest BCUT2D eigenvalue weighted by Gasteiger charge is 2.34. The van der Waals surface area contributed by atoms with Gasteiger partial charge in [0.25, 0.3) is 0 Å². The van der Waals surface area contributed by atoms with E-state index >= 15 is 0 Å². The fourth-order valence-electron chi connectivity index (χ4n) is 2.75. The number of hydrogen-bond donors (Lipinski definition) is 1. The van der Waals surface area contributed by atoms with Gasteiger partial charge in [0.05, 0.1) is 18.3 Å². The Bertz CT molecular complexity index is 564. The molecule has 3 rings (SSSR count). The largest absolute Gasteiger partial charge is 0.393 e. The van der Waals surface area contributed by atoms with E-state index in [0.29, 0.717) is 13.0 Å². The van der Waals surface area contributed by atoms with Crippen molar-refractivity contribution in [1.82, 2.24) is 0 Å². The molecule has 1 fully saturated rings. The number of fused-ring (bicyclic) bond motifs is 1. The third kappa shape index (κ3) is 2.02. The van der Waals surface area contributed by atoms with Crippen LogP contribution >= 0.6 is 0 Å². The second-order valence-electron chi connectivity index (χ2n) is 5.29. The fraction of sp³-hybridized carbons (Fsp3) is 0.375. The van der Waals surface area contributed by atoms with Gasteiger partial charge in [-0.1, -0.05) is 36.4 Å². The number of benzene rings is 2. The predicted octanol–water partition coefficient (Wildman–Crippen LogP) is 3.23. The van der Waals surface area contributed by atoms with Crippen LogP contribution in [-0.4, -0.2) is 17.8 Å². The highest BCUT2D eigenvalue weighted by atomic mass is 16.5. The molecule has 2 atom stereocenters. The van der Waals surface area contributed by atoms with Crippen molar-refractivity contribution in [2.24, 2.45) is 0 Å². The number of aliphatic hydroxyl groups excluding tert-OH is 1. The maximum atomic E-state index is 9.84. The molecule has 2 aromatic carbocycles. The molecular formula is C16H18O2. The molecular weight excluding hydrogens is 224 g/mol. The van der Waals surface area contributed by atoms with Crippen molar-refractivity contribution in [3.05, 3.63) is 48.0 Å². The Hall–Kier alpha value is -1.38. The minimum atomic E-state index is -0.359. The zero-order valence-electron chi connectivity index (χ0n) is 10.6. The van der Waals surface area contributed by atoms with Gasteiger partial charge in [0.15, 0.2) is 0 Å². The van der Waals surface area contributed by atoms with Crippen molar-refractivity contribution in [3.63, 3.8) is 0 Å². The van der Waals surface area contributed by atoms with E-state index in [-0.39, 0.29) is 11.7 Å². The smallest absolute Gasteiger partial charge is 0.0928 e. The number of aliphatic hydroxyl groups is 1. The lowest BCUT2D eigenvalue weighted by Crippen LogP contribution is -2.37. The van der Waals surface area contributed by atoms with Gasteiger partial charge in [-0.15, -0.1) is 0 Å². The van der Waals surface area contributed by atoms with Gasteiger partial charge >= 0.3 is 0 Å². The van der Waals surface area contributed by atoms with E-state index < -0.39 is 0 Å². The van der Waals surface area contributed by atoms with Crippen molar-refractivity contribution in [2.75, 3.05) is 6.61 Å². The molecule has 18 heavy (non-hydrogen) atoms. The summed E-state index contributed by atoms with van der Waals surface area (Å²) in [5.74, 6) is 0. The Labute approximate surface area is 107 Å². The minimum absolute atomic E-state index is 0.254. The van der Waals surface area contributed by atoms with Crippen LogP contribution in [0.15, 0.2) is 42.5 Å². The van der Waals surface area contributed by atoms with Gasteiger partial charge < -0.3 is 9.84 Å². The standard InChI is InChI=1S/C16H18O2/c1-16(11-15(17)8-9-18-16)14-7-6-12-4-2-3-5-13(12)10-14/h2-7,10,15,17H,8-9,11H2,1H3. The van der Waals surface area contributed by atoms with Crippen LogP contribution in [0, 0.1) is 0 Å². The van der Waals surface area contributed by atoms with Gasteiger partial charge in [0, 0.05) is 6.42 Å². The van der Waals surface area contributed by atoms with Crippen LogP contribution in [0.4, 0.5) is 0 Å².